The Morgan fingerprint density at radius 3 is 2.38 bits per heavy atom. The van der Waals surface area contributed by atoms with Crippen molar-refractivity contribution in [3.05, 3.63) is 35.6 Å². The van der Waals surface area contributed by atoms with Crippen LogP contribution in [0.3, 0.4) is 0 Å². The second-order valence-electron chi connectivity index (χ2n) is 7.02. The highest BCUT2D eigenvalue weighted by Crippen LogP contribution is 2.23. The Balaban J connectivity index is 2.64. The summed E-state index contributed by atoms with van der Waals surface area (Å²) in [6, 6.07) is 7.06. The number of hydrogen-bond acceptors (Lipinski definition) is 2. The van der Waals surface area contributed by atoms with Gasteiger partial charge in [-0.3, -0.25) is 0 Å². The van der Waals surface area contributed by atoms with E-state index in [0.717, 1.165) is 25.1 Å². The maximum absolute atomic E-state index is 14.0. The summed E-state index contributed by atoms with van der Waals surface area (Å²) < 4.78 is 19.8. The minimum atomic E-state index is -0.148. The van der Waals surface area contributed by atoms with Crippen LogP contribution in [0.5, 0.6) is 0 Å². The van der Waals surface area contributed by atoms with E-state index in [2.05, 4.69) is 19.2 Å². The lowest BCUT2D eigenvalue weighted by Gasteiger charge is -2.23. The summed E-state index contributed by atoms with van der Waals surface area (Å²) in [7, 11) is 0. The van der Waals surface area contributed by atoms with Crippen molar-refractivity contribution in [3.63, 3.8) is 0 Å². The molecule has 0 amide bonds. The summed E-state index contributed by atoms with van der Waals surface area (Å²) in [4.78, 5) is 0. The molecule has 120 valence electrons. The minimum Gasteiger partial charge on any atom is -0.376 e. The third-order valence-corrected chi connectivity index (χ3v) is 3.29. The number of halogens is 1. The van der Waals surface area contributed by atoms with Gasteiger partial charge in [-0.15, -0.1) is 0 Å². The van der Waals surface area contributed by atoms with E-state index in [1.54, 1.807) is 6.07 Å². The molecule has 1 unspecified atom stereocenters. The number of hydrogen-bond donors (Lipinski definition) is 1. The number of nitrogens with one attached hydrogen (secondary N) is 1. The zero-order valence-electron chi connectivity index (χ0n) is 14.1. The van der Waals surface area contributed by atoms with E-state index < -0.39 is 0 Å². The first kappa shape index (κ1) is 18.1. The van der Waals surface area contributed by atoms with Crippen LogP contribution in [0.25, 0.3) is 0 Å². The Kier molecular flexibility index (Phi) is 7.33. The molecule has 0 spiro atoms. The topological polar surface area (TPSA) is 21.3 Å². The average molecular weight is 295 g/mol. The molecule has 0 radical (unpaired) electrons. The Morgan fingerprint density at radius 1 is 1.14 bits per heavy atom. The van der Waals surface area contributed by atoms with Gasteiger partial charge < -0.3 is 10.1 Å². The van der Waals surface area contributed by atoms with Crippen molar-refractivity contribution in [3.8, 4) is 0 Å². The van der Waals surface area contributed by atoms with E-state index in [-0.39, 0.29) is 17.3 Å². The van der Waals surface area contributed by atoms with E-state index in [0.29, 0.717) is 12.5 Å². The monoisotopic (exact) mass is 295 g/mol. The first-order valence-electron chi connectivity index (χ1n) is 7.88. The SMILES string of the molecule is CC(C)CNCC(CCOC(C)(C)C)c1ccccc1F. The van der Waals surface area contributed by atoms with Crippen molar-refractivity contribution in [2.24, 2.45) is 5.92 Å². The summed E-state index contributed by atoms with van der Waals surface area (Å²) in [6.45, 7) is 12.9. The van der Waals surface area contributed by atoms with Crippen LogP contribution in [0.15, 0.2) is 24.3 Å². The fraction of sp³-hybridized carbons (Fsp3) is 0.667. The average Bonchev–Trinajstić information content (AvgIpc) is 2.36. The summed E-state index contributed by atoms with van der Waals surface area (Å²) in [5.41, 5.74) is 0.636. The fourth-order valence-corrected chi connectivity index (χ4v) is 2.23. The van der Waals surface area contributed by atoms with E-state index in [4.69, 9.17) is 4.74 Å². The molecule has 1 aromatic rings. The van der Waals surface area contributed by atoms with Gasteiger partial charge in [-0.05, 0) is 51.3 Å². The molecule has 0 saturated carbocycles. The van der Waals surface area contributed by atoms with Crippen LogP contribution in [0, 0.1) is 11.7 Å². The van der Waals surface area contributed by atoms with Gasteiger partial charge in [-0.2, -0.15) is 0 Å². The number of rotatable bonds is 8. The number of benzene rings is 1. The van der Waals surface area contributed by atoms with Gasteiger partial charge in [0, 0.05) is 19.1 Å². The molecule has 0 fully saturated rings. The Morgan fingerprint density at radius 2 is 1.81 bits per heavy atom. The Bertz CT molecular complexity index is 412. The first-order chi connectivity index (χ1) is 9.79. The lowest BCUT2D eigenvalue weighted by Crippen LogP contribution is -2.28. The van der Waals surface area contributed by atoms with Gasteiger partial charge in [0.05, 0.1) is 5.60 Å². The highest BCUT2D eigenvalue weighted by Gasteiger charge is 2.17. The molecule has 0 aliphatic rings. The molecule has 0 aliphatic carbocycles. The van der Waals surface area contributed by atoms with Gasteiger partial charge in [-0.25, -0.2) is 4.39 Å². The van der Waals surface area contributed by atoms with E-state index in [1.165, 1.54) is 6.07 Å². The molecule has 1 N–H and O–H groups in total. The molecule has 1 rings (SSSR count). The van der Waals surface area contributed by atoms with E-state index >= 15 is 0 Å². The predicted octanol–water partition coefficient (Wildman–Crippen LogP) is 4.36. The van der Waals surface area contributed by atoms with Gasteiger partial charge >= 0.3 is 0 Å². The van der Waals surface area contributed by atoms with Gasteiger partial charge in [-0.1, -0.05) is 32.0 Å². The molecule has 2 nitrogen and oxygen atoms in total. The third-order valence-electron chi connectivity index (χ3n) is 3.29. The zero-order chi connectivity index (χ0) is 15.9. The quantitative estimate of drug-likeness (QED) is 0.769. The molecule has 0 saturated heterocycles. The van der Waals surface area contributed by atoms with E-state index in [9.17, 15) is 4.39 Å². The van der Waals surface area contributed by atoms with Crippen molar-refractivity contribution in [2.75, 3.05) is 19.7 Å². The van der Waals surface area contributed by atoms with Crippen molar-refractivity contribution in [1.82, 2.24) is 5.32 Å². The molecule has 21 heavy (non-hydrogen) atoms. The van der Waals surface area contributed by atoms with Gasteiger partial charge in [0.25, 0.3) is 0 Å². The van der Waals surface area contributed by atoms with Crippen LogP contribution in [0.4, 0.5) is 4.39 Å². The lowest BCUT2D eigenvalue weighted by atomic mass is 9.95. The number of ether oxygens (including phenoxy) is 1. The second-order valence-corrected chi connectivity index (χ2v) is 7.02. The van der Waals surface area contributed by atoms with Crippen LogP contribution in [-0.2, 0) is 4.74 Å². The largest absolute Gasteiger partial charge is 0.376 e. The normalized spacial score (nSPS) is 13.7. The molecule has 0 heterocycles. The molecule has 0 aromatic heterocycles. The van der Waals surface area contributed by atoms with Crippen LogP contribution in [0.2, 0.25) is 0 Å². The molecule has 0 bridgehead atoms. The smallest absolute Gasteiger partial charge is 0.126 e. The first-order valence-corrected chi connectivity index (χ1v) is 7.88. The molecule has 1 atom stereocenters. The highest BCUT2D eigenvalue weighted by molar-refractivity contribution is 5.22. The van der Waals surface area contributed by atoms with Crippen LogP contribution >= 0.6 is 0 Å². The van der Waals surface area contributed by atoms with E-state index in [1.807, 2.05) is 32.9 Å². The van der Waals surface area contributed by atoms with Gasteiger partial charge in [0.2, 0.25) is 0 Å². The molecule has 1 aromatic carbocycles. The van der Waals surface area contributed by atoms with Crippen molar-refractivity contribution in [2.45, 2.75) is 52.6 Å². The van der Waals surface area contributed by atoms with Crippen LogP contribution in [0.1, 0.15) is 52.5 Å². The van der Waals surface area contributed by atoms with Gasteiger partial charge in [0.1, 0.15) is 5.82 Å². The zero-order valence-corrected chi connectivity index (χ0v) is 14.1. The maximum Gasteiger partial charge on any atom is 0.126 e. The fourth-order valence-electron chi connectivity index (χ4n) is 2.23. The van der Waals surface area contributed by atoms with Crippen molar-refractivity contribution in [1.29, 1.82) is 0 Å². The molecule has 3 heteroatoms. The maximum atomic E-state index is 14.0. The summed E-state index contributed by atoms with van der Waals surface area (Å²) in [6.07, 6.45) is 0.823. The standard InChI is InChI=1S/C18H30FNO/c1-14(2)12-20-13-15(10-11-21-18(3,4)5)16-8-6-7-9-17(16)19/h6-9,14-15,20H,10-13H2,1-5H3. The second kappa shape index (κ2) is 8.50. The van der Waals surface area contributed by atoms with Crippen LogP contribution < -0.4 is 5.32 Å². The van der Waals surface area contributed by atoms with Crippen molar-refractivity contribution < 1.29 is 9.13 Å². The Labute approximate surface area is 129 Å². The van der Waals surface area contributed by atoms with Gasteiger partial charge in [0.15, 0.2) is 0 Å². The molecular formula is C18H30FNO. The minimum absolute atomic E-state index is 0.121. The Hall–Kier alpha value is -0.930. The highest BCUT2D eigenvalue weighted by atomic mass is 19.1. The summed E-state index contributed by atoms with van der Waals surface area (Å²) in [5.74, 6) is 0.619. The molecule has 0 aliphatic heterocycles. The molecular weight excluding hydrogens is 265 g/mol. The van der Waals surface area contributed by atoms with Crippen LogP contribution in [-0.4, -0.2) is 25.3 Å². The van der Waals surface area contributed by atoms with Crippen molar-refractivity contribution >= 4 is 0 Å². The summed E-state index contributed by atoms with van der Waals surface area (Å²) >= 11 is 0. The lowest BCUT2D eigenvalue weighted by molar-refractivity contribution is -0.00632. The predicted molar refractivity (Wildman–Crippen MR) is 87.2 cm³/mol. The summed E-state index contributed by atoms with van der Waals surface area (Å²) in [5, 5.41) is 3.44. The third kappa shape index (κ3) is 7.58.